The topological polar surface area (TPSA) is 35.6 Å². The monoisotopic (exact) mass is 355 g/mol. The van der Waals surface area contributed by atoms with Crippen LogP contribution in [0.2, 0.25) is 0 Å². The molecule has 2 aliphatic carbocycles. The highest BCUT2D eigenvalue weighted by atomic mass is 16.2. The smallest absolute Gasteiger partial charge is 0.234 e. The Morgan fingerprint density at radius 1 is 1.04 bits per heavy atom. The van der Waals surface area contributed by atoms with E-state index in [9.17, 15) is 4.79 Å². The summed E-state index contributed by atoms with van der Waals surface area (Å²) in [6.45, 7) is 11.4. The van der Waals surface area contributed by atoms with Gasteiger partial charge in [-0.15, -0.1) is 0 Å². The second-order valence-corrected chi connectivity index (χ2v) is 9.28. The van der Waals surface area contributed by atoms with E-state index in [1.165, 1.54) is 24.9 Å². The summed E-state index contributed by atoms with van der Waals surface area (Å²) in [4.78, 5) is 17.5. The number of carbonyl (C=O) groups is 1. The van der Waals surface area contributed by atoms with Gasteiger partial charge in [-0.25, -0.2) is 0 Å². The Labute approximate surface area is 157 Å². The van der Waals surface area contributed by atoms with Crippen LogP contribution in [0, 0.1) is 17.3 Å². The van der Waals surface area contributed by atoms with E-state index in [1.807, 2.05) is 0 Å². The number of rotatable bonds is 4. The summed E-state index contributed by atoms with van der Waals surface area (Å²) >= 11 is 0. The quantitative estimate of drug-likeness (QED) is 0.901. The Bertz CT molecular complexity index is 651. The second-order valence-electron chi connectivity index (χ2n) is 9.28. The number of amides is 1. The lowest BCUT2D eigenvalue weighted by Crippen LogP contribution is -2.61. The van der Waals surface area contributed by atoms with Crippen molar-refractivity contribution in [2.24, 2.45) is 17.3 Å². The van der Waals surface area contributed by atoms with Gasteiger partial charge in [0.25, 0.3) is 0 Å². The maximum absolute atomic E-state index is 12.8. The fourth-order valence-corrected chi connectivity index (χ4v) is 5.71. The number of fused-ring (bicyclic) bond motifs is 2. The van der Waals surface area contributed by atoms with Crippen LogP contribution in [0.5, 0.6) is 0 Å². The molecule has 0 spiro atoms. The van der Waals surface area contributed by atoms with Gasteiger partial charge < -0.3 is 10.2 Å². The Balaban J connectivity index is 1.31. The van der Waals surface area contributed by atoms with Gasteiger partial charge in [0, 0.05) is 37.4 Å². The maximum atomic E-state index is 12.8. The molecule has 4 heteroatoms. The number of para-hydroxylation sites is 1. The van der Waals surface area contributed by atoms with Crippen molar-refractivity contribution in [3.8, 4) is 0 Å². The first-order chi connectivity index (χ1) is 12.4. The molecule has 0 aromatic heterocycles. The van der Waals surface area contributed by atoms with Gasteiger partial charge in [0.15, 0.2) is 0 Å². The summed E-state index contributed by atoms with van der Waals surface area (Å²) in [6.07, 6.45) is 3.91. The molecule has 1 amide bonds. The van der Waals surface area contributed by atoms with Crippen molar-refractivity contribution < 1.29 is 4.79 Å². The van der Waals surface area contributed by atoms with E-state index >= 15 is 0 Å². The molecular formula is C22H33N3O. The van der Waals surface area contributed by atoms with E-state index in [1.54, 1.807) is 0 Å². The molecule has 26 heavy (non-hydrogen) atoms. The number of anilines is 1. The molecular weight excluding hydrogens is 322 g/mol. The van der Waals surface area contributed by atoms with Crippen molar-refractivity contribution in [2.45, 2.75) is 45.6 Å². The van der Waals surface area contributed by atoms with E-state index in [0.29, 0.717) is 12.5 Å². The molecule has 1 aliphatic heterocycles. The molecule has 1 saturated heterocycles. The van der Waals surface area contributed by atoms with Gasteiger partial charge >= 0.3 is 0 Å². The second kappa shape index (κ2) is 6.56. The molecule has 1 heterocycles. The van der Waals surface area contributed by atoms with Crippen LogP contribution in [0.1, 0.15) is 40.0 Å². The van der Waals surface area contributed by atoms with E-state index < -0.39 is 0 Å². The van der Waals surface area contributed by atoms with Crippen LogP contribution < -0.4 is 10.2 Å². The number of nitrogens with one attached hydrogen (secondary N) is 1. The fourth-order valence-electron chi connectivity index (χ4n) is 5.71. The average Bonchev–Trinajstić information content (AvgIpc) is 3.19. The summed E-state index contributed by atoms with van der Waals surface area (Å²) in [5.74, 6) is 1.63. The largest absolute Gasteiger partial charge is 0.369 e. The van der Waals surface area contributed by atoms with Crippen LogP contribution in [-0.4, -0.2) is 49.1 Å². The predicted octanol–water partition coefficient (Wildman–Crippen LogP) is 3.14. The van der Waals surface area contributed by atoms with E-state index in [-0.39, 0.29) is 16.9 Å². The summed E-state index contributed by atoms with van der Waals surface area (Å²) in [5.41, 5.74) is 1.45. The molecule has 3 unspecified atom stereocenters. The normalized spacial score (nSPS) is 33.4. The number of hydrogen-bond donors (Lipinski definition) is 1. The lowest BCUT2D eigenvalue weighted by Gasteiger charge is -2.48. The molecule has 1 aromatic rings. The highest BCUT2D eigenvalue weighted by Gasteiger charge is 2.60. The fraction of sp³-hybridized carbons (Fsp3) is 0.682. The highest BCUT2D eigenvalue weighted by molar-refractivity contribution is 5.79. The van der Waals surface area contributed by atoms with Crippen LogP contribution in [0.3, 0.4) is 0 Å². The molecule has 1 aromatic carbocycles. The minimum atomic E-state index is -0.0428. The first-order valence-electron chi connectivity index (χ1n) is 10.2. The summed E-state index contributed by atoms with van der Waals surface area (Å²) in [7, 11) is 0. The van der Waals surface area contributed by atoms with Crippen LogP contribution in [0.15, 0.2) is 30.3 Å². The van der Waals surface area contributed by atoms with Gasteiger partial charge in [0.05, 0.1) is 6.54 Å². The minimum absolute atomic E-state index is 0.0428. The molecule has 3 atom stereocenters. The van der Waals surface area contributed by atoms with Crippen LogP contribution in [0.25, 0.3) is 0 Å². The highest BCUT2D eigenvalue weighted by Crippen LogP contribution is 2.61. The molecule has 1 N–H and O–H groups in total. The average molecular weight is 356 g/mol. The summed E-state index contributed by atoms with van der Waals surface area (Å²) in [5, 5.41) is 3.47. The van der Waals surface area contributed by atoms with Crippen molar-refractivity contribution in [3.63, 3.8) is 0 Å². The summed E-state index contributed by atoms with van der Waals surface area (Å²) in [6, 6.07) is 10.6. The predicted molar refractivity (Wildman–Crippen MR) is 106 cm³/mol. The van der Waals surface area contributed by atoms with Gasteiger partial charge in [-0.05, 0) is 55.6 Å². The Morgan fingerprint density at radius 3 is 2.31 bits per heavy atom. The van der Waals surface area contributed by atoms with E-state index in [0.717, 1.165) is 32.1 Å². The van der Waals surface area contributed by atoms with Gasteiger partial charge in [0.1, 0.15) is 0 Å². The van der Waals surface area contributed by atoms with Crippen molar-refractivity contribution >= 4 is 11.6 Å². The molecule has 142 valence electrons. The number of hydrogen-bond acceptors (Lipinski definition) is 3. The molecule has 3 aliphatic rings. The Hall–Kier alpha value is -1.55. The first-order valence-corrected chi connectivity index (χ1v) is 10.2. The van der Waals surface area contributed by atoms with Gasteiger partial charge in [0.2, 0.25) is 5.91 Å². The lowest BCUT2D eigenvalue weighted by atomic mass is 9.64. The third kappa shape index (κ3) is 2.92. The Morgan fingerprint density at radius 2 is 1.69 bits per heavy atom. The Kier molecular flexibility index (Phi) is 4.50. The zero-order valence-corrected chi connectivity index (χ0v) is 16.5. The van der Waals surface area contributed by atoms with Gasteiger partial charge in [-0.2, -0.15) is 0 Å². The van der Waals surface area contributed by atoms with Crippen molar-refractivity contribution in [1.82, 2.24) is 10.2 Å². The molecule has 4 nitrogen and oxygen atoms in total. The van der Waals surface area contributed by atoms with Crippen LogP contribution in [-0.2, 0) is 4.79 Å². The molecule has 0 radical (unpaired) electrons. The SMILES string of the molecule is CC1(C)C2CCC(C2)C1(C)NC(=O)CN1CCN(c2ccccc2)CC1. The van der Waals surface area contributed by atoms with Crippen molar-refractivity contribution in [3.05, 3.63) is 30.3 Å². The molecule has 4 rings (SSSR count). The standard InChI is InChI=1S/C22H33N3O/c1-21(2)17-9-10-18(15-17)22(21,3)23-20(26)16-24-11-13-25(14-12-24)19-7-5-4-6-8-19/h4-8,17-18H,9-16H2,1-3H3,(H,23,26). The first kappa shape index (κ1) is 17.8. The maximum Gasteiger partial charge on any atom is 0.234 e. The van der Waals surface area contributed by atoms with Gasteiger partial charge in [-0.3, -0.25) is 9.69 Å². The minimum Gasteiger partial charge on any atom is -0.369 e. The third-order valence-corrected chi connectivity index (χ3v) is 7.87. The third-order valence-electron chi connectivity index (χ3n) is 7.87. The summed E-state index contributed by atoms with van der Waals surface area (Å²) < 4.78 is 0. The van der Waals surface area contributed by atoms with Crippen LogP contribution in [0.4, 0.5) is 5.69 Å². The zero-order valence-electron chi connectivity index (χ0n) is 16.5. The van der Waals surface area contributed by atoms with Gasteiger partial charge in [-0.1, -0.05) is 32.0 Å². The van der Waals surface area contributed by atoms with Crippen molar-refractivity contribution in [1.29, 1.82) is 0 Å². The van der Waals surface area contributed by atoms with Crippen molar-refractivity contribution in [2.75, 3.05) is 37.6 Å². The van der Waals surface area contributed by atoms with E-state index in [4.69, 9.17) is 0 Å². The number of nitrogens with zero attached hydrogens (tertiary/aromatic N) is 2. The van der Waals surface area contributed by atoms with E-state index in [2.05, 4.69) is 66.2 Å². The number of piperazine rings is 1. The number of benzene rings is 1. The molecule has 2 bridgehead atoms. The lowest BCUT2D eigenvalue weighted by molar-refractivity contribution is -0.126. The van der Waals surface area contributed by atoms with Crippen LogP contribution >= 0.6 is 0 Å². The number of carbonyl (C=O) groups excluding carboxylic acids is 1. The zero-order chi connectivity index (χ0) is 18.4. The molecule has 3 fully saturated rings. The molecule has 2 saturated carbocycles.